The van der Waals surface area contributed by atoms with E-state index in [4.69, 9.17) is 27.9 Å². The number of pyridine rings is 1. The summed E-state index contributed by atoms with van der Waals surface area (Å²) in [7, 11) is 1.54. The molecule has 1 amide bonds. The number of rotatable bonds is 3. The summed E-state index contributed by atoms with van der Waals surface area (Å²) >= 11 is 12.0. The van der Waals surface area contributed by atoms with Crippen molar-refractivity contribution in [3.63, 3.8) is 0 Å². The Kier molecular flexibility index (Phi) is 4.56. The van der Waals surface area contributed by atoms with Crippen molar-refractivity contribution >= 4 is 51.9 Å². The zero-order chi connectivity index (χ0) is 19.0. The molecule has 0 unspecified atom stereocenters. The SMILES string of the molecule is COc1ccc(N2C(=O)C(=Nc3ccc(Cl)c(Cl)c3)c3ccccc32)cn1. The average molecular weight is 398 g/mol. The van der Waals surface area contributed by atoms with Crippen LogP contribution in [0.5, 0.6) is 5.88 Å². The largest absolute Gasteiger partial charge is 0.481 e. The molecule has 134 valence electrons. The standard InChI is InChI=1S/C20H13Cl2N3O2/c1-27-18-9-7-13(11-23-18)25-17-5-3-2-4-14(17)19(20(25)26)24-12-6-8-15(21)16(22)10-12/h2-11H,1H3. The van der Waals surface area contributed by atoms with E-state index in [2.05, 4.69) is 9.98 Å². The topological polar surface area (TPSA) is 54.8 Å². The number of hydrogen-bond donors (Lipinski definition) is 0. The van der Waals surface area contributed by atoms with Crippen LogP contribution in [-0.2, 0) is 4.79 Å². The summed E-state index contributed by atoms with van der Waals surface area (Å²) in [4.78, 5) is 23.5. The first-order valence-corrected chi connectivity index (χ1v) is 8.81. The molecule has 7 heteroatoms. The molecule has 0 fully saturated rings. The van der Waals surface area contributed by atoms with Crippen molar-refractivity contribution in [1.82, 2.24) is 4.98 Å². The van der Waals surface area contributed by atoms with E-state index in [0.29, 0.717) is 33.0 Å². The summed E-state index contributed by atoms with van der Waals surface area (Å²) in [5.74, 6) is 0.234. The molecule has 1 aliphatic rings. The highest BCUT2D eigenvalue weighted by molar-refractivity contribution is 6.56. The van der Waals surface area contributed by atoms with E-state index in [1.807, 2.05) is 24.3 Å². The van der Waals surface area contributed by atoms with Crippen LogP contribution in [0.4, 0.5) is 17.1 Å². The highest BCUT2D eigenvalue weighted by Gasteiger charge is 2.35. The maximum atomic E-state index is 13.2. The van der Waals surface area contributed by atoms with Gasteiger partial charge in [-0.2, -0.15) is 0 Å². The molecular formula is C20H13Cl2N3O2. The van der Waals surface area contributed by atoms with Crippen molar-refractivity contribution in [1.29, 1.82) is 0 Å². The Morgan fingerprint density at radius 2 is 1.85 bits per heavy atom. The Morgan fingerprint density at radius 1 is 1.04 bits per heavy atom. The van der Waals surface area contributed by atoms with E-state index in [1.54, 1.807) is 48.5 Å². The van der Waals surface area contributed by atoms with Crippen molar-refractivity contribution < 1.29 is 9.53 Å². The zero-order valence-corrected chi connectivity index (χ0v) is 15.7. The van der Waals surface area contributed by atoms with Crippen molar-refractivity contribution in [2.24, 2.45) is 4.99 Å². The third-order valence-corrected chi connectivity index (χ3v) is 4.88. The lowest BCUT2D eigenvalue weighted by Gasteiger charge is -2.16. The molecular weight excluding hydrogens is 385 g/mol. The van der Waals surface area contributed by atoms with Gasteiger partial charge < -0.3 is 4.74 Å². The van der Waals surface area contributed by atoms with Gasteiger partial charge in [-0.3, -0.25) is 9.69 Å². The average Bonchev–Trinajstić information content (AvgIpc) is 2.97. The number of carbonyl (C=O) groups excluding carboxylic acids is 1. The molecule has 0 atom stereocenters. The second-order valence-electron chi connectivity index (χ2n) is 5.78. The number of hydrogen-bond acceptors (Lipinski definition) is 4. The molecule has 2 aromatic carbocycles. The number of aromatic nitrogens is 1. The number of para-hydroxylation sites is 1. The number of ether oxygens (including phenoxy) is 1. The molecule has 4 rings (SSSR count). The number of carbonyl (C=O) groups is 1. The number of anilines is 2. The minimum Gasteiger partial charge on any atom is -0.481 e. The molecule has 27 heavy (non-hydrogen) atoms. The summed E-state index contributed by atoms with van der Waals surface area (Å²) in [6, 6.07) is 16.0. The van der Waals surface area contributed by atoms with E-state index >= 15 is 0 Å². The Bertz CT molecular complexity index is 1070. The fraction of sp³-hybridized carbons (Fsp3) is 0.0500. The number of methoxy groups -OCH3 is 1. The van der Waals surface area contributed by atoms with Gasteiger partial charge in [0, 0.05) is 11.6 Å². The molecule has 0 saturated heterocycles. The van der Waals surface area contributed by atoms with Gasteiger partial charge in [-0.05, 0) is 30.3 Å². The molecule has 1 aromatic heterocycles. The zero-order valence-electron chi connectivity index (χ0n) is 14.2. The number of halogens is 2. The quantitative estimate of drug-likeness (QED) is 0.610. The maximum absolute atomic E-state index is 13.2. The van der Waals surface area contributed by atoms with Gasteiger partial charge in [-0.25, -0.2) is 9.98 Å². The van der Waals surface area contributed by atoms with E-state index in [-0.39, 0.29) is 5.91 Å². The Labute approximate surface area is 165 Å². The lowest BCUT2D eigenvalue weighted by molar-refractivity contribution is -0.111. The highest BCUT2D eigenvalue weighted by atomic mass is 35.5. The number of benzene rings is 2. The molecule has 0 spiro atoms. The minimum absolute atomic E-state index is 0.241. The van der Waals surface area contributed by atoms with Gasteiger partial charge >= 0.3 is 0 Å². The fourth-order valence-corrected chi connectivity index (χ4v) is 3.17. The predicted octanol–water partition coefficient (Wildman–Crippen LogP) is 5.20. The monoisotopic (exact) mass is 397 g/mol. The summed E-state index contributed by atoms with van der Waals surface area (Å²) in [5, 5.41) is 0.818. The van der Waals surface area contributed by atoms with Gasteiger partial charge in [0.05, 0.1) is 40.4 Å². The van der Waals surface area contributed by atoms with Crippen LogP contribution in [-0.4, -0.2) is 23.7 Å². The predicted molar refractivity (Wildman–Crippen MR) is 107 cm³/mol. The van der Waals surface area contributed by atoms with Crippen LogP contribution in [0.2, 0.25) is 10.0 Å². The lowest BCUT2D eigenvalue weighted by Crippen LogP contribution is -2.25. The Hall–Kier alpha value is -2.89. The molecule has 2 heterocycles. The van der Waals surface area contributed by atoms with Crippen molar-refractivity contribution in [3.8, 4) is 5.88 Å². The second kappa shape index (κ2) is 7.02. The Balaban J connectivity index is 1.81. The van der Waals surface area contributed by atoms with Crippen LogP contribution < -0.4 is 9.64 Å². The van der Waals surface area contributed by atoms with E-state index in [1.165, 1.54) is 0 Å². The van der Waals surface area contributed by atoms with E-state index in [9.17, 15) is 4.79 Å². The van der Waals surface area contributed by atoms with E-state index < -0.39 is 0 Å². The molecule has 3 aromatic rings. The number of nitrogens with zero attached hydrogens (tertiary/aromatic N) is 3. The van der Waals surface area contributed by atoms with E-state index in [0.717, 1.165) is 11.3 Å². The minimum atomic E-state index is -0.241. The number of fused-ring (bicyclic) bond motifs is 1. The first-order chi connectivity index (χ1) is 13.1. The van der Waals surface area contributed by atoms with Gasteiger partial charge in [0.2, 0.25) is 5.88 Å². The summed E-state index contributed by atoms with van der Waals surface area (Å²) in [6.45, 7) is 0. The molecule has 0 saturated carbocycles. The van der Waals surface area contributed by atoms with Crippen LogP contribution in [0, 0.1) is 0 Å². The first kappa shape index (κ1) is 17.5. The fourth-order valence-electron chi connectivity index (χ4n) is 2.87. The second-order valence-corrected chi connectivity index (χ2v) is 6.59. The smallest absolute Gasteiger partial charge is 0.282 e. The molecule has 1 aliphatic heterocycles. The number of aliphatic imine (C=N–C) groups is 1. The first-order valence-electron chi connectivity index (χ1n) is 8.06. The van der Waals surface area contributed by atoms with Crippen LogP contribution >= 0.6 is 23.2 Å². The molecule has 0 radical (unpaired) electrons. The van der Waals surface area contributed by atoms with Crippen LogP contribution in [0.15, 0.2) is 65.8 Å². The van der Waals surface area contributed by atoms with Crippen LogP contribution in [0.3, 0.4) is 0 Å². The summed E-state index contributed by atoms with van der Waals surface area (Å²) < 4.78 is 5.09. The van der Waals surface area contributed by atoms with Gasteiger partial charge in [-0.1, -0.05) is 41.4 Å². The lowest BCUT2D eigenvalue weighted by atomic mass is 10.1. The molecule has 0 bridgehead atoms. The third-order valence-electron chi connectivity index (χ3n) is 4.14. The maximum Gasteiger partial charge on any atom is 0.282 e. The van der Waals surface area contributed by atoms with Gasteiger partial charge in [0.25, 0.3) is 5.91 Å². The number of amides is 1. The highest BCUT2D eigenvalue weighted by Crippen LogP contribution is 2.37. The third kappa shape index (κ3) is 3.16. The van der Waals surface area contributed by atoms with Crippen LogP contribution in [0.1, 0.15) is 5.56 Å². The van der Waals surface area contributed by atoms with Gasteiger partial charge in [0.15, 0.2) is 0 Å². The van der Waals surface area contributed by atoms with Crippen molar-refractivity contribution in [3.05, 3.63) is 76.4 Å². The molecule has 0 N–H and O–H groups in total. The normalized spacial score (nSPS) is 14.6. The van der Waals surface area contributed by atoms with Crippen molar-refractivity contribution in [2.45, 2.75) is 0 Å². The molecule has 5 nitrogen and oxygen atoms in total. The van der Waals surface area contributed by atoms with Gasteiger partial charge in [0.1, 0.15) is 5.71 Å². The molecule has 0 aliphatic carbocycles. The van der Waals surface area contributed by atoms with Crippen molar-refractivity contribution in [2.75, 3.05) is 12.0 Å². The Morgan fingerprint density at radius 3 is 2.56 bits per heavy atom. The van der Waals surface area contributed by atoms with Crippen LogP contribution in [0.25, 0.3) is 0 Å². The summed E-state index contributed by atoms with van der Waals surface area (Å²) in [6.07, 6.45) is 1.59. The summed E-state index contributed by atoms with van der Waals surface area (Å²) in [5.41, 5.74) is 3.00. The van der Waals surface area contributed by atoms with Gasteiger partial charge in [-0.15, -0.1) is 0 Å².